The molecule has 0 spiro atoms. The van der Waals surface area contributed by atoms with Gasteiger partial charge in [0.25, 0.3) is 0 Å². The molecule has 7 saturated carbocycles. The number of benzene rings is 1. The number of halogens is 1. The van der Waals surface area contributed by atoms with Crippen LogP contribution in [0.1, 0.15) is 88.3 Å². The molecule has 7 fully saturated rings. The van der Waals surface area contributed by atoms with Crippen LogP contribution in [0.2, 0.25) is 0 Å². The average Bonchev–Trinajstić information content (AvgIpc) is 3.49. The Morgan fingerprint density at radius 1 is 1.02 bits per heavy atom. The molecule has 1 aromatic carbocycles. The van der Waals surface area contributed by atoms with Crippen molar-refractivity contribution in [3.63, 3.8) is 0 Å². The summed E-state index contributed by atoms with van der Waals surface area (Å²) in [6.07, 6.45) is 13.2. The van der Waals surface area contributed by atoms with Gasteiger partial charge < -0.3 is 9.42 Å². The normalized spacial score (nSPS) is 33.4. The maximum atomic E-state index is 14.6. The lowest BCUT2D eigenvalue weighted by molar-refractivity contribution is -0.211. The molecule has 3 aromatic heterocycles. The molecule has 0 N–H and O–H groups in total. The monoisotopic (exact) mass is 552 g/mol. The molecule has 41 heavy (non-hydrogen) atoms. The van der Waals surface area contributed by atoms with Crippen molar-refractivity contribution in [1.82, 2.24) is 24.7 Å². The van der Waals surface area contributed by atoms with Gasteiger partial charge in [-0.05, 0) is 111 Å². The topological polar surface area (TPSA) is 89.4 Å². The fourth-order valence-corrected chi connectivity index (χ4v) is 8.42. The van der Waals surface area contributed by atoms with Crippen LogP contribution in [0.5, 0.6) is 0 Å². The lowest BCUT2D eigenvalue weighted by Gasteiger charge is -2.65. The van der Waals surface area contributed by atoms with Gasteiger partial charge in [0.2, 0.25) is 11.8 Å². The van der Waals surface area contributed by atoms with E-state index in [2.05, 4.69) is 27.5 Å². The van der Waals surface area contributed by atoms with Gasteiger partial charge in [0.05, 0.1) is 5.41 Å². The maximum absolute atomic E-state index is 14.6. The van der Waals surface area contributed by atoms with Gasteiger partial charge in [-0.3, -0.25) is 9.20 Å². The molecule has 0 radical (unpaired) electrons. The van der Waals surface area contributed by atoms with Crippen molar-refractivity contribution in [2.45, 2.75) is 87.6 Å². The van der Waals surface area contributed by atoms with Crippen molar-refractivity contribution >= 4 is 17.2 Å². The summed E-state index contributed by atoms with van der Waals surface area (Å²) < 4.78 is 22.3. The van der Waals surface area contributed by atoms with Gasteiger partial charge in [-0.2, -0.15) is 4.98 Å². The van der Waals surface area contributed by atoms with E-state index in [1.807, 2.05) is 39.8 Å². The van der Waals surface area contributed by atoms with Crippen LogP contribution in [0.4, 0.5) is 10.1 Å². The molecule has 0 unspecified atom stereocenters. The Labute approximate surface area is 237 Å². The molecule has 210 valence electrons. The molecule has 1 amide bonds. The van der Waals surface area contributed by atoms with Crippen LogP contribution in [0.15, 0.2) is 53.4 Å². The number of aromatic nitrogens is 5. The Kier molecular flexibility index (Phi) is 4.70. The van der Waals surface area contributed by atoms with Gasteiger partial charge in [-0.15, -0.1) is 10.2 Å². The van der Waals surface area contributed by atoms with Gasteiger partial charge in [0.15, 0.2) is 11.5 Å². The van der Waals surface area contributed by atoms with Gasteiger partial charge in [-0.25, -0.2) is 4.39 Å². The highest BCUT2D eigenvalue weighted by Crippen LogP contribution is 2.70. The largest absolute Gasteiger partial charge is 0.339 e. The minimum Gasteiger partial charge on any atom is -0.339 e. The van der Waals surface area contributed by atoms with Crippen LogP contribution in [-0.2, 0) is 10.2 Å². The number of rotatable bonds is 7. The third-order valence-corrected chi connectivity index (χ3v) is 11.2. The molecule has 4 bridgehead atoms. The predicted octanol–water partition coefficient (Wildman–Crippen LogP) is 6.17. The first-order chi connectivity index (χ1) is 19.9. The number of alkyl halides is 1. The smallest absolute Gasteiger partial charge is 0.233 e. The Hall–Kier alpha value is -3.62. The van der Waals surface area contributed by atoms with E-state index in [9.17, 15) is 9.18 Å². The van der Waals surface area contributed by atoms with Crippen LogP contribution in [0.25, 0.3) is 16.8 Å². The Morgan fingerprint density at radius 2 is 1.78 bits per heavy atom. The van der Waals surface area contributed by atoms with Crippen molar-refractivity contribution in [1.29, 1.82) is 0 Å². The lowest BCUT2D eigenvalue weighted by atomic mass is 9.41. The molecule has 0 aliphatic heterocycles. The van der Waals surface area contributed by atoms with Crippen LogP contribution in [0, 0.1) is 10.8 Å². The number of nitrogens with zero attached hydrogens (tertiary/aromatic N) is 6. The molecule has 3 heterocycles. The molecule has 8 nitrogen and oxygen atoms in total. The summed E-state index contributed by atoms with van der Waals surface area (Å²) >= 11 is 0. The predicted molar refractivity (Wildman–Crippen MR) is 149 cm³/mol. The highest BCUT2D eigenvalue weighted by molar-refractivity contribution is 6.00. The summed E-state index contributed by atoms with van der Waals surface area (Å²) in [5.41, 5.74) is 2.10. The summed E-state index contributed by atoms with van der Waals surface area (Å²) in [6, 6.07) is 12.3. The summed E-state index contributed by atoms with van der Waals surface area (Å²) in [5.74, 6) is 2.31. The summed E-state index contributed by atoms with van der Waals surface area (Å²) in [5, 5.41) is 12.5. The van der Waals surface area contributed by atoms with Gasteiger partial charge in [-0.1, -0.05) is 17.3 Å². The lowest BCUT2D eigenvalue weighted by Crippen LogP contribution is -2.71. The standard InChI is InChI=1S/C32H33FN6O2/c33-32-16-31(17-32,18-32)28(40)39(24-3-1-2-22(14-24)23-6-13-38-20-34-36-25(38)15-23)19-29-7-10-30(11-8-29,12-9-29)27-35-26(37-41-27)21-4-5-21/h1-3,6,13-15,20-21H,4-5,7-12,16-19H2. The number of amides is 1. The Bertz CT molecular complexity index is 1660. The number of carbonyl (C=O) groups is 1. The highest BCUT2D eigenvalue weighted by atomic mass is 19.1. The minimum atomic E-state index is -1.12. The summed E-state index contributed by atoms with van der Waals surface area (Å²) in [6.45, 7) is 0.673. The fraction of sp³-hybridized carbons (Fsp3) is 0.531. The van der Waals surface area contributed by atoms with Gasteiger partial charge in [0.1, 0.15) is 12.0 Å². The Morgan fingerprint density at radius 3 is 2.51 bits per heavy atom. The second-order valence-corrected chi connectivity index (χ2v) is 13.9. The molecule has 7 aliphatic rings. The zero-order chi connectivity index (χ0) is 27.5. The summed E-state index contributed by atoms with van der Waals surface area (Å²) in [7, 11) is 0. The second-order valence-electron chi connectivity index (χ2n) is 13.9. The van der Waals surface area contributed by atoms with Crippen molar-refractivity contribution in [2.75, 3.05) is 11.4 Å². The highest BCUT2D eigenvalue weighted by Gasteiger charge is 2.73. The van der Waals surface area contributed by atoms with Crippen LogP contribution >= 0.6 is 0 Å². The molecular weight excluding hydrogens is 519 g/mol. The molecular formula is C32H33FN6O2. The van der Waals surface area contributed by atoms with E-state index >= 15 is 0 Å². The molecule has 11 rings (SSSR count). The molecule has 0 atom stereocenters. The first-order valence-corrected chi connectivity index (χ1v) is 15.1. The quantitative estimate of drug-likeness (QED) is 0.272. The average molecular weight is 553 g/mol. The van der Waals surface area contributed by atoms with E-state index < -0.39 is 11.1 Å². The van der Waals surface area contributed by atoms with E-state index in [4.69, 9.17) is 9.51 Å². The van der Waals surface area contributed by atoms with Gasteiger partial charge in [0, 0.05) is 29.8 Å². The fourth-order valence-electron chi connectivity index (χ4n) is 8.42. The molecule has 7 aliphatic carbocycles. The van der Waals surface area contributed by atoms with E-state index in [-0.39, 0.29) is 16.7 Å². The summed E-state index contributed by atoms with van der Waals surface area (Å²) in [4.78, 5) is 21.1. The first-order valence-electron chi connectivity index (χ1n) is 15.1. The third-order valence-electron chi connectivity index (χ3n) is 11.2. The second kappa shape index (κ2) is 8.01. The molecule has 9 heteroatoms. The minimum absolute atomic E-state index is 0.0224. The van der Waals surface area contributed by atoms with Crippen molar-refractivity contribution < 1.29 is 13.7 Å². The SMILES string of the molecule is O=C(N(CC12CCC(c3nc(C4CC4)no3)(CC1)CC2)c1cccc(-c2ccn3cnnc3c2)c1)C12CC(F)(C1)C2. The first kappa shape index (κ1) is 24.0. The van der Waals surface area contributed by atoms with Crippen molar-refractivity contribution in [3.8, 4) is 11.1 Å². The number of hydrogen-bond acceptors (Lipinski definition) is 6. The van der Waals surface area contributed by atoms with E-state index in [1.54, 1.807) is 6.33 Å². The number of carbonyl (C=O) groups excluding carboxylic acids is 1. The van der Waals surface area contributed by atoms with E-state index in [1.165, 1.54) is 12.8 Å². The number of fused-ring (bicyclic) bond motifs is 4. The molecule has 0 saturated heterocycles. The van der Waals surface area contributed by atoms with Crippen LogP contribution < -0.4 is 4.90 Å². The van der Waals surface area contributed by atoms with E-state index in [0.717, 1.165) is 72.7 Å². The zero-order valence-electron chi connectivity index (χ0n) is 23.1. The molecule has 4 aromatic rings. The number of pyridine rings is 1. The van der Waals surface area contributed by atoms with Gasteiger partial charge >= 0.3 is 0 Å². The maximum Gasteiger partial charge on any atom is 0.233 e. The zero-order valence-corrected chi connectivity index (χ0v) is 23.1. The number of hydrogen-bond donors (Lipinski definition) is 0. The van der Waals surface area contributed by atoms with E-state index in [0.29, 0.717) is 31.7 Å². The van der Waals surface area contributed by atoms with Crippen LogP contribution in [-0.4, -0.2) is 42.9 Å². The Balaban J connectivity index is 1.02. The third kappa shape index (κ3) is 3.59. The van der Waals surface area contributed by atoms with Crippen LogP contribution in [0.3, 0.4) is 0 Å². The van der Waals surface area contributed by atoms with Crippen molar-refractivity contribution in [2.24, 2.45) is 10.8 Å². The van der Waals surface area contributed by atoms with Crippen molar-refractivity contribution in [3.05, 3.63) is 60.6 Å². The number of anilines is 1.